The van der Waals surface area contributed by atoms with Crippen LogP contribution in [-0.4, -0.2) is 12.1 Å². The Kier molecular flexibility index (Phi) is 3.39. The largest absolute Gasteiger partial charge is 0.481 e. The molecule has 0 aliphatic rings. The average Bonchev–Trinajstić information content (AvgIpc) is 2.92. The number of rotatable bonds is 4. The molecule has 1 aromatic carbocycles. The zero-order valence-corrected chi connectivity index (χ0v) is 11.2. The van der Waals surface area contributed by atoms with Crippen molar-refractivity contribution < 1.29 is 9.15 Å². The predicted octanol–water partition coefficient (Wildman–Crippen LogP) is 3.08. The van der Waals surface area contributed by atoms with E-state index in [1.54, 1.807) is 13.3 Å². The average molecular weight is 268 g/mol. The van der Waals surface area contributed by atoms with Crippen molar-refractivity contribution in [3.63, 3.8) is 0 Å². The van der Waals surface area contributed by atoms with Gasteiger partial charge in [0, 0.05) is 17.6 Å². The predicted molar refractivity (Wildman–Crippen MR) is 77.6 cm³/mol. The molecule has 1 atom stereocenters. The topological polar surface area (TPSA) is 61.3 Å². The number of nitrogens with two attached hydrogens (primary N) is 1. The van der Waals surface area contributed by atoms with E-state index in [9.17, 15) is 0 Å². The molecule has 0 radical (unpaired) electrons. The van der Waals surface area contributed by atoms with Crippen molar-refractivity contribution in [2.75, 3.05) is 7.11 Å². The quantitative estimate of drug-likeness (QED) is 0.790. The fraction of sp³-hybridized carbons (Fsp3) is 0.188. The number of furan rings is 1. The minimum atomic E-state index is -0.183. The number of hydrogen-bond donors (Lipinski definition) is 1. The number of methoxy groups -OCH3 is 1. The third-order valence-corrected chi connectivity index (χ3v) is 3.27. The zero-order chi connectivity index (χ0) is 13.9. The molecule has 0 spiro atoms. The summed E-state index contributed by atoms with van der Waals surface area (Å²) in [4.78, 5) is 4.18. The highest BCUT2D eigenvalue weighted by Gasteiger charge is 2.13. The summed E-state index contributed by atoms with van der Waals surface area (Å²) >= 11 is 0. The molecule has 0 bridgehead atoms. The highest BCUT2D eigenvalue weighted by Crippen LogP contribution is 2.24. The van der Waals surface area contributed by atoms with E-state index >= 15 is 0 Å². The second-order valence-corrected chi connectivity index (χ2v) is 4.71. The smallest absolute Gasteiger partial charge is 0.212 e. The molecule has 0 fully saturated rings. The second-order valence-electron chi connectivity index (χ2n) is 4.71. The molecule has 0 amide bonds. The molecule has 3 aromatic rings. The van der Waals surface area contributed by atoms with E-state index in [2.05, 4.69) is 4.98 Å². The van der Waals surface area contributed by atoms with E-state index in [1.165, 1.54) is 0 Å². The van der Waals surface area contributed by atoms with Crippen LogP contribution >= 0.6 is 0 Å². The molecule has 2 heterocycles. The van der Waals surface area contributed by atoms with Crippen LogP contribution in [0.3, 0.4) is 0 Å². The number of fused-ring (bicyclic) bond motifs is 1. The van der Waals surface area contributed by atoms with Crippen LogP contribution in [0.1, 0.15) is 17.4 Å². The van der Waals surface area contributed by atoms with Crippen molar-refractivity contribution in [3.8, 4) is 5.88 Å². The highest BCUT2D eigenvalue weighted by molar-refractivity contribution is 5.77. The van der Waals surface area contributed by atoms with Gasteiger partial charge in [-0.2, -0.15) is 0 Å². The first kappa shape index (κ1) is 12.7. The summed E-state index contributed by atoms with van der Waals surface area (Å²) in [5.41, 5.74) is 8.13. The molecule has 1 unspecified atom stereocenters. The van der Waals surface area contributed by atoms with Crippen LogP contribution in [-0.2, 0) is 6.42 Å². The van der Waals surface area contributed by atoms with E-state index < -0.39 is 0 Å². The van der Waals surface area contributed by atoms with Gasteiger partial charge in [0.15, 0.2) is 0 Å². The maximum atomic E-state index is 6.21. The summed E-state index contributed by atoms with van der Waals surface area (Å²) in [5.74, 6) is 1.40. The van der Waals surface area contributed by atoms with Crippen molar-refractivity contribution in [2.45, 2.75) is 12.5 Å². The molecule has 0 saturated carbocycles. The van der Waals surface area contributed by atoms with Crippen molar-refractivity contribution in [2.24, 2.45) is 5.73 Å². The SMILES string of the molecule is COc1ccc(CC(N)c2cc3ccccc3o2)cn1. The van der Waals surface area contributed by atoms with Crippen LogP contribution in [0.4, 0.5) is 0 Å². The lowest BCUT2D eigenvalue weighted by Gasteiger charge is -2.08. The Morgan fingerprint density at radius 1 is 1.25 bits per heavy atom. The van der Waals surface area contributed by atoms with Gasteiger partial charge in [-0.25, -0.2) is 4.98 Å². The minimum absolute atomic E-state index is 0.183. The lowest BCUT2D eigenvalue weighted by atomic mass is 10.1. The first-order valence-electron chi connectivity index (χ1n) is 6.49. The molecule has 0 aliphatic carbocycles. The third-order valence-electron chi connectivity index (χ3n) is 3.27. The maximum absolute atomic E-state index is 6.21. The molecule has 4 heteroatoms. The van der Waals surface area contributed by atoms with Crippen LogP contribution in [0.2, 0.25) is 0 Å². The molecule has 4 nitrogen and oxygen atoms in total. The molecular weight excluding hydrogens is 252 g/mol. The molecule has 102 valence electrons. The van der Waals surface area contributed by atoms with E-state index in [0.29, 0.717) is 12.3 Å². The van der Waals surface area contributed by atoms with E-state index in [-0.39, 0.29) is 6.04 Å². The van der Waals surface area contributed by atoms with Crippen LogP contribution in [0.5, 0.6) is 5.88 Å². The Morgan fingerprint density at radius 2 is 2.10 bits per heavy atom. The monoisotopic (exact) mass is 268 g/mol. The van der Waals surface area contributed by atoms with Gasteiger partial charge in [-0.15, -0.1) is 0 Å². The zero-order valence-electron chi connectivity index (χ0n) is 11.2. The Morgan fingerprint density at radius 3 is 2.80 bits per heavy atom. The van der Waals surface area contributed by atoms with E-state index in [1.807, 2.05) is 42.5 Å². The van der Waals surface area contributed by atoms with Crippen molar-refractivity contribution in [1.29, 1.82) is 0 Å². The van der Waals surface area contributed by atoms with Crippen molar-refractivity contribution in [3.05, 3.63) is 60.0 Å². The Hall–Kier alpha value is -2.33. The number of ether oxygens (including phenoxy) is 1. The third kappa shape index (κ3) is 2.51. The van der Waals surface area contributed by atoms with Crippen LogP contribution in [0.25, 0.3) is 11.0 Å². The maximum Gasteiger partial charge on any atom is 0.212 e. The van der Waals surface area contributed by atoms with Crippen LogP contribution in [0, 0.1) is 0 Å². The molecule has 0 saturated heterocycles. The minimum Gasteiger partial charge on any atom is -0.481 e. The number of aromatic nitrogens is 1. The van der Waals surface area contributed by atoms with E-state index in [0.717, 1.165) is 22.3 Å². The molecule has 20 heavy (non-hydrogen) atoms. The van der Waals surface area contributed by atoms with E-state index in [4.69, 9.17) is 14.9 Å². The molecule has 0 aliphatic heterocycles. The van der Waals surface area contributed by atoms with Gasteiger partial charge in [0.1, 0.15) is 11.3 Å². The van der Waals surface area contributed by atoms with Gasteiger partial charge in [-0.05, 0) is 24.1 Å². The highest BCUT2D eigenvalue weighted by atomic mass is 16.5. The summed E-state index contributed by atoms with van der Waals surface area (Å²) in [5, 5.41) is 1.07. The second kappa shape index (κ2) is 5.35. The summed E-state index contributed by atoms with van der Waals surface area (Å²) in [6.07, 6.45) is 2.46. The fourth-order valence-electron chi connectivity index (χ4n) is 2.19. The molecule has 3 rings (SSSR count). The Balaban J connectivity index is 1.79. The van der Waals surface area contributed by atoms with Gasteiger partial charge in [0.05, 0.1) is 13.2 Å². The molecule has 2 N–H and O–H groups in total. The fourth-order valence-corrected chi connectivity index (χ4v) is 2.19. The summed E-state index contributed by atoms with van der Waals surface area (Å²) < 4.78 is 10.8. The van der Waals surface area contributed by atoms with Gasteiger partial charge < -0.3 is 14.9 Å². The first-order chi connectivity index (χ1) is 9.76. The number of benzene rings is 1. The summed E-state index contributed by atoms with van der Waals surface area (Å²) in [6, 6.07) is 13.5. The number of hydrogen-bond acceptors (Lipinski definition) is 4. The number of para-hydroxylation sites is 1. The molecule has 2 aromatic heterocycles. The normalized spacial score (nSPS) is 12.5. The Labute approximate surface area is 117 Å². The number of pyridine rings is 1. The standard InChI is InChI=1S/C16H16N2O2/c1-19-16-7-6-11(10-18-16)8-13(17)15-9-12-4-2-3-5-14(12)20-15/h2-7,9-10,13H,8,17H2,1H3. The number of nitrogens with zero attached hydrogens (tertiary/aromatic N) is 1. The van der Waals surface area contributed by atoms with Gasteiger partial charge in [0.25, 0.3) is 0 Å². The van der Waals surface area contributed by atoms with Gasteiger partial charge in [-0.3, -0.25) is 0 Å². The molecular formula is C16H16N2O2. The Bertz CT molecular complexity index is 671. The lowest BCUT2D eigenvalue weighted by molar-refractivity contribution is 0.397. The summed E-state index contributed by atoms with van der Waals surface area (Å²) in [6.45, 7) is 0. The van der Waals surface area contributed by atoms with Crippen LogP contribution in [0.15, 0.2) is 53.1 Å². The van der Waals surface area contributed by atoms with Crippen molar-refractivity contribution >= 4 is 11.0 Å². The van der Waals surface area contributed by atoms with Gasteiger partial charge in [0.2, 0.25) is 5.88 Å². The lowest BCUT2D eigenvalue weighted by Crippen LogP contribution is -2.12. The van der Waals surface area contributed by atoms with Gasteiger partial charge >= 0.3 is 0 Å². The summed E-state index contributed by atoms with van der Waals surface area (Å²) in [7, 11) is 1.60. The first-order valence-corrected chi connectivity index (χ1v) is 6.49. The van der Waals surface area contributed by atoms with Crippen LogP contribution < -0.4 is 10.5 Å². The van der Waals surface area contributed by atoms with Crippen molar-refractivity contribution in [1.82, 2.24) is 4.98 Å². The van der Waals surface area contributed by atoms with Gasteiger partial charge in [-0.1, -0.05) is 24.3 Å².